The fourth-order valence-electron chi connectivity index (χ4n) is 5.28. The number of ether oxygens (including phenoxy) is 1. The molecule has 2 saturated heterocycles. The van der Waals surface area contributed by atoms with Gasteiger partial charge >= 0.3 is 0 Å². The first-order chi connectivity index (χ1) is 20.4. The van der Waals surface area contributed by atoms with Gasteiger partial charge in [-0.05, 0) is 48.5 Å². The molecule has 214 valence electrons. The monoisotopic (exact) mass is 587 g/mol. The molecule has 0 saturated carbocycles. The van der Waals surface area contributed by atoms with Gasteiger partial charge in [0.2, 0.25) is 9.84 Å². The number of carbonyl (C=O) groups is 1. The van der Waals surface area contributed by atoms with E-state index in [4.69, 9.17) is 19.1 Å². The summed E-state index contributed by atoms with van der Waals surface area (Å²) in [7, 11) is -4.15. The summed E-state index contributed by atoms with van der Waals surface area (Å²) in [6.45, 7) is 3.83. The predicted octanol–water partition coefficient (Wildman–Crippen LogP) is 4.15. The lowest BCUT2D eigenvalue weighted by Gasteiger charge is -2.46. The molecule has 7 rings (SSSR count). The van der Waals surface area contributed by atoms with Gasteiger partial charge in [0.05, 0.1) is 42.4 Å². The number of sulfone groups is 1. The first-order valence-corrected chi connectivity index (χ1v) is 15.2. The lowest BCUT2D eigenvalue weighted by atomic mass is 9.84. The van der Waals surface area contributed by atoms with E-state index in [0.717, 1.165) is 55.2 Å². The van der Waals surface area contributed by atoms with Gasteiger partial charge in [-0.2, -0.15) is 0 Å². The van der Waals surface area contributed by atoms with Crippen molar-refractivity contribution in [3.05, 3.63) is 78.3 Å². The fourth-order valence-corrected chi connectivity index (χ4v) is 6.09. The number of furan rings is 1. The van der Waals surface area contributed by atoms with Gasteiger partial charge in [0.15, 0.2) is 6.01 Å². The smallest absolute Gasteiger partial charge is 0.251 e. The van der Waals surface area contributed by atoms with Crippen molar-refractivity contribution in [2.24, 2.45) is 11.8 Å². The van der Waals surface area contributed by atoms with E-state index < -0.39 is 21.8 Å². The normalized spacial score (nSPS) is 16.0. The number of anilines is 1. The molecule has 12 heteroatoms. The Bertz CT molecular complexity index is 1940. The molecule has 1 aromatic carbocycles. The summed E-state index contributed by atoms with van der Waals surface area (Å²) < 4.78 is 47.7. The molecule has 0 radical (unpaired) electrons. The van der Waals surface area contributed by atoms with E-state index in [1.54, 1.807) is 6.20 Å². The molecule has 2 aliphatic heterocycles. The quantitative estimate of drug-likeness (QED) is 0.285. The van der Waals surface area contributed by atoms with Crippen molar-refractivity contribution in [3.63, 3.8) is 0 Å². The van der Waals surface area contributed by atoms with E-state index in [9.17, 15) is 17.6 Å². The van der Waals surface area contributed by atoms with Crippen molar-refractivity contribution in [2.75, 3.05) is 37.2 Å². The van der Waals surface area contributed by atoms with E-state index in [2.05, 4.69) is 15.2 Å². The second-order valence-corrected chi connectivity index (χ2v) is 12.5. The Morgan fingerprint density at radius 1 is 1.02 bits per heavy atom. The molecule has 0 spiro atoms. The molecule has 5 aromatic rings. The third kappa shape index (κ3) is 4.86. The number of halogens is 1. The zero-order valence-electron chi connectivity index (χ0n) is 22.4. The summed E-state index contributed by atoms with van der Waals surface area (Å²) in [5.74, 6) is 1.83. The molecule has 2 aliphatic rings. The Morgan fingerprint density at radius 3 is 2.64 bits per heavy atom. The SMILES string of the molecule is O=C(NCc1cc2nc(-c3cccc(N4CC(C5COC5)C4)n3)ccc2cn1)c1ccc2occ(S(=O)(=O)CF)c2c1. The highest BCUT2D eigenvalue weighted by molar-refractivity contribution is 7.91. The molecule has 1 amide bonds. The van der Waals surface area contributed by atoms with Crippen LogP contribution in [-0.2, 0) is 21.1 Å². The molecule has 0 atom stereocenters. The first-order valence-electron chi connectivity index (χ1n) is 13.5. The number of nitrogens with zero attached hydrogens (tertiary/aromatic N) is 4. The van der Waals surface area contributed by atoms with Gasteiger partial charge in [0.25, 0.3) is 5.91 Å². The zero-order valence-corrected chi connectivity index (χ0v) is 23.2. The molecule has 42 heavy (non-hydrogen) atoms. The highest BCUT2D eigenvalue weighted by atomic mass is 32.2. The van der Waals surface area contributed by atoms with Crippen LogP contribution in [0.5, 0.6) is 0 Å². The highest BCUT2D eigenvalue weighted by Gasteiger charge is 2.37. The number of rotatable bonds is 8. The van der Waals surface area contributed by atoms with Gasteiger partial charge in [-0.1, -0.05) is 6.07 Å². The van der Waals surface area contributed by atoms with Crippen molar-refractivity contribution < 1.29 is 26.8 Å². The maximum atomic E-state index is 13.0. The number of amides is 1. The van der Waals surface area contributed by atoms with Crippen LogP contribution in [-0.4, -0.2) is 61.6 Å². The molecule has 0 bridgehead atoms. The number of alkyl halides is 1. The Morgan fingerprint density at radius 2 is 1.86 bits per heavy atom. The van der Waals surface area contributed by atoms with Gasteiger partial charge in [-0.15, -0.1) is 0 Å². The number of carbonyl (C=O) groups excluding carboxylic acids is 1. The zero-order chi connectivity index (χ0) is 28.8. The predicted molar refractivity (Wildman–Crippen MR) is 153 cm³/mol. The molecule has 2 fully saturated rings. The van der Waals surface area contributed by atoms with E-state index in [1.165, 1.54) is 18.2 Å². The Kier molecular flexibility index (Phi) is 6.59. The minimum absolute atomic E-state index is 0.121. The molecule has 4 aromatic heterocycles. The van der Waals surface area contributed by atoms with Crippen LogP contribution in [0.2, 0.25) is 0 Å². The number of hydrogen-bond donors (Lipinski definition) is 1. The Balaban J connectivity index is 1.06. The Labute approximate surface area is 240 Å². The summed E-state index contributed by atoms with van der Waals surface area (Å²) in [6.07, 6.45) is 2.69. The van der Waals surface area contributed by atoms with Gasteiger partial charge in [0, 0.05) is 47.5 Å². The van der Waals surface area contributed by atoms with Crippen LogP contribution < -0.4 is 10.2 Å². The van der Waals surface area contributed by atoms with Crippen molar-refractivity contribution >= 4 is 43.4 Å². The van der Waals surface area contributed by atoms with Gasteiger partial charge in [-0.3, -0.25) is 9.78 Å². The summed E-state index contributed by atoms with van der Waals surface area (Å²) in [5.41, 5.74) is 3.28. The van der Waals surface area contributed by atoms with Gasteiger partial charge in [-0.25, -0.2) is 22.8 Å². The molecule has 0 aliphatic carbocycles. The number of aromatic nitrogens is 3. The second-order valence-electron chi connectivity index (χ2n) is 10.6. The van der Waals surface area contributed by atoms with E-state index >= 15 is 0 Å². The standard InChI is InChI=1S/C30H26FN5O5S/c31-17-42(38,39)28-16-41-27-7-5-18(8-23(27)28)30(37)33-11-22-9-26-19(10-32-22)4-6-25(34-26)24-2-1-3-29(35-24)36-12-20(13-36)21-14-40-15-21/h1-10,16,20-21H,11-15,17H2,(H,33,37). The van der Waals surface area contributed by atoms with Gasteiger partial charge < -0.3 is 19.4 Å². The van der Waals surface area contributed by atoms with Crippen molar-refractivity contribution in [2.45, 2.75) is 11.4 Å². The largest absolute Gasteiger partial charge is 0.463 e. The van der Waals surface area contributed by atoms with Gasteiger partial charge in [0.1, 0.15) is 22.6 Å². The second kappa shape index (κ2) is 10.4. The molecular weight excluding hydrogens is 561 g/mol. The van der Waals surface area contributed by atoms with Crippen LogP contribution in [0.3, 0.4) is 0 Å². The van der Waals surface area contributed by atoms with Crippen LogP contribution in [0.4, 0.5) is 10.2 Å². The highest BCUT2D eigenvalue weighted by Crippen LogP contribution is 2.33. The Hall–Kier alpha value is -4.42. The van der Waals surface area contributed by atoms with E-state index in [1.807, 2.05) is 36.4 Å². The molecule has 10 nitrogen and oxygen atoms in total. The number of nitrogens with one attached hydrogen (secondary N) is 1. The average molecular weight is 588 g/mol. The van der Waals surface area contributed by atoms with E-state index in [-0.39, 0.29) is 28.0 Å². The van der Waals surface area contributed by atoms with Crippen LogP contribution in [0.15, 0.2) is 76.4 Å². The number of hydrogen-bond acceptors (Lipinski definition) is 9. The van der Waals surface area contributed by atoms with Crippen molar-refractivity contribution in [3.8, 4) is 11.4 Å². The maximum Gasteiger partial charge on any atom is 0.251 e. The summed E-state index contributed by atoms with van der Waals surface area (Å²) in [6, 6.07) is 14.5. The number of benzene rings is 1. The van der Waals surface area contributed by atoms with Crippen LogP contribution in [0, 0.1) is 11.8 Å². The number of pyridine rings is 3. The van der Waals surface area contributed by atoms with Crippen molar-refractivity contribution in [1.82, 2.24) is 20.3 Å². The average Bonchev–Trinajstić information content (AvgIpc) is 3.40. The summed E-state index contributed by atoms with van der Waals surface area (Å²) in [5, 5.41) is 3.80. The minimum atomic E-state index is -4.15. The fraction of sp³-hybridized carbons (Fsp3) is 0.267. The topological polar surface area (TPSA) is 128 Å². The van der Waals surface area contributed by atoms with E-state index in [0.29, 0.717) is 23.0 Å². The summed E-state index contributed by atoms with van der Waals surface area (Å²) >= 11 is 0. The molecular formula is C30H26FN5O5S. The minimum Gasteiger partial charge on any atom is -0.463 e. The molecule has 6 heterocycles. The lowest BCUT2D eigenvalue weighted by Crippen LogP contribution is -2.54. The maximum absolute atomic E-state index is 13.0. The molecule has 0 unspecified atom stereocenters. The third-order valence-corrected chi connectivity index (χ3v) is 9.17. The lowest BCUT2D eigenvalue weighted by molar-refractivity contribution is -0.0660. The summed E-state index contributed by atoms with van der Waals surface area (Å²) in [4.78, 5) is 29.0. The first kappa shape index (κ1) is 26.5. The van der Waals surface area contributed by atoms with Crippen molar-refractivity contribution in [1.29, 1.82) is 0 Å². The van der Waals surface area contributed by atoms with Crippen LogP contribution >= 0.6 is 0 Å². The van der Waals surface area contributed by atoms with Crippen LogP contribution in [0.25, 0.3) is 33.3 Å². The number of fused-ring (bicyclic) bond motifs is 2. The molecule has 1 N–H and O–H groups in total. The van der Waals surface area contributed by atoms with Crippen LogP contribution in [0.1, 0.15) is 16.1 Å². The third-order valence-electron chi connectivity index (χ3n) is 7.90.